The molecule has 12 aromatic carbocycles. The number of fused-ring (bicyclic) bond motifs is 12. The first-order valence-corrected chi connectivity index (χ1v) is 29.8. The maximum Gasteiger partial charge on any atom is 0.164 e. The van der Waals surface area contributed by atoms with Crippen molar-refractivity contribution >= 4 is 87.2 Å². The maximum atomic E-state index is 5.71. The van der Waals surface area contributed by atoms with E-state index in [0.717, 1.165) is 106 Å². The van der Waals surface area contributed by atoms with Crippen LogP contribution >= 0.6 is 0 Å². The molecule has 0 atom stereocenters. The Balaban J connectivity index is 0.821. The van der Waals surface area contributed by atoms with Crippen LogP contribution in [0.5, 0.6) is 0 Å². The molecule has 0 saturated carbocycles. The first-order valence-electron chi connectivity index (χ1n) is 29.8. The Morgan fingerprint density at radius 2 is 0.443 bits per heavy atom. The van der Waals surface area contributed by atoms with Crippen LogP contribution in [0.1, 0.15) is 0 Å². The topological polar surface area (TPSA) is 71.3 Å². The molecule has 0 aliphatic rings. The summed E-state index contributed by atoms with van der Waals surface area (Å²) in [6.45, 7) is 0. The second-order valence-corrected chi connectivity index (χ2v) is 22.6. The van der Waals surface area contributed by atoms with Crippen molar-refractivity contribution in [3.8, 4) is 79.4 Å². The van der Waals surface area contributed by atoms with Gasteiger partial charge in [0.1, 0.15) is 11.6 Å². The van der Waals surface area contributed by atoms with Crippen LogP contribution in [0.25, 0.3) is 167 Å². The van der Waals surface area contributed by atoms with E-state index in [9.17, 15) is 0 Å². The van der Waals surface area contributed by atoms with Gasteiger partial charge < -0.3 is 9.13 Å². The highest BCUT2D eigenvalue weighted by atomic mass is 15.2. The fourth-order valence-corrected chi connectivity index (χ4v) is 13.6. The molecular formula is C80H50N8. The predicted octanol–water partition coefficient (Wildman–Crippen LogP) is 20.0. The van der Waals surface area contributed by atoms with Gasteiger partial charge in [-0.25, -0.2) is 19.9 Å². The molecule has 0 unspecified atom stereocenters. The fourth-order valence-electron chi connectivity index (χ4n) is 13.6. The standard InChI is InChI=1S/C80H50N8/c1-3-19-51(20-4-1)53-35-39-55(40-36-53)78-82-79(56-41-37-54(38-42-56)52-21-5-2-6-22-52)84-80(83-78)57-43-45-58(46-44-57)85-68-29-13-11-27-64(68)66-49-67-65-28-12-14-30-69(65)86(75(67)50-74(66)85)59-47-76(87-70-31-15-7-23-60(70)61-24-8-16-32-71(61)87)81-77(48-59)88-72-33-17-9-25-62(72)63-26-10-18-34-73(63)88/h1-50H. The summed E-state index contributed by atoms with van der Waals surface area (Å²) in [6.07, 6.45) is 0. The Kier molecular flexibility index (Phi) is 11.1. The monoisotopic (exact) mass is 1120 g/mol. The zero-order chi connectivity index (χ0) is 57.8. The van der Waals surface area contributed by atoms with E-state index < -0.39 is 0 Å². The Hall–Kier alpha value is -12.0. The van der Waals surface area contributed by atoms with Crippen LogP contribution in [0, 0.1) is 0 Å². The van der Waals surface area contributed by atoms with Gasteiger partial charge in [0.25, 0.3) is 0 Å². The molecule has 18 rings (SSSR count). The van der Waals surface area contributed by atoms with Crippen molar-refractivity contribution in [2.45, 2.75) is 0 Å². The van der Waals surface area contributed by atoms with Gasteiger partial charge in [0.15, 0.2) is 17.5 Å². The number of rotatable bonds is 9. The molecule has 8 heteroatoms. The van der Waals surface area contributed by atoms with E-state index in [-0.39, 0.29) is 0 Å². The van der Waals surface area contributed by atoms with Crippen LogP contribution in [0.3, 0.4) is 0 Å². The van der Waals surface area contributed by atoms with Crippen LogP contribution in [-0.4, -0.2) is 38.2 Å². The second-order valence-electron chi connectivity index (χ2n) is 22.6. The summed E-state index contributed by atoms with van der Waals surface area (Å²) < 4.78 is 9.53. The summed E-state index contributed by atoms with van der Waals surface area (Å²) in [4.78, 5) is 21.3. The molecule has 6 heterocycles. The highest BCUT2D eigenvalue weighted by Gasteiger charge is 2.23. The third kappa shape index (κ3) is 7.86. The second kappa shape index (κ2) is 19.8. The lowest BCUT2D eigenvalue weighted by atomic mass is 10.0. The van der Waals surface area contributed by atoms with Crippen LogP contribution in [0.15, 0.2) is 303 Å². The molecule has 0 fully saturated rings. The average Bonchev–Trinajstić information content (AvgIpc) is 1.62. The van der Waals surface area contributed by atoms with Crippen molar-refractivity contribution in [3.05, 3.63) is 303 Å². The molecule has 8 nitrogen and oxygen atoms in total. The van der Waals surface area contributed by atoms with Crippen LogP contribution < -0.4 is 0 Å². The van der Waals surface area contributed by atoms with Gasteiger partial charge in [-0.3, -0.25) is 9.13 Å². The summed E-state index contributed by atoms with van der Waals surface area (Å²) in [7, 11) is 0. The highest BCUT2D eigenvalue weighted by Crippen LogP contribution is 2.42. The average molecular weight is 1120 g/mol. The van der Waals surface area contributed by atoms with Gasteiger partial charge in [0.2, 0.25) is 0 Å². The normalized spacial score (nSPS) is 11.9. The number of pyridine rings is 1. The molecule has 0 aliphatic carbocycles. The van der Waals surface area contributed by atoms with Crippen molar-refractivity contribution in [1.29, 1.82) is 0 Å². The third-order valence-corrected chi connectivity index (χ3v) is 17.6. The number of nitrogens with zero attached hydrogens (tertiary/aromatic N) is 8. The maximum absolute atomic E-state index is 5.71. The van der Waals surface area contributed by atoms with E-state index in [4.69, 9.17) is 19.9 Å². The quantitative estimate of drug-likeness (QED) is 0.144. The molecule has 0 bridgehead atoms. The van der Waals surface area contributed by atoms with Gasteiger partial charge in [-0.2, -0.15) is 0 Å². The number of hydrogen-bond acceptors (Lipinski definition) is 4. The van der Waals surface area contributed by atoms with E-state index in [1.165, 1.54) is 43.1 Å². The summed E-state index contributed by atoms with van der Waals surface area (Å²) in [5.41, 5.74) is 18.1. The zero-order valence-corrected chi connectivity index (χ0v) is 47.4. The summed E-state index contributed by atoms with van der Waals surface area (Å²) in [5, 5.41) is 9.41. The van der Waals surface area contributed by atoms with Crippen molar-refractivity contribution in [2.24, 2.45) is 0 Å². The van der Waals surface area contributed by atoms with Gasteiger partial charge in [-0.1, -0.05) is 218 Å². The molecule has 0 N–H and O–H groups in total. The van der Waals surface area contributed by atoms with Crippen molar-refractivity contribution in [1.82, 2.24) is 38.2 Å². The number of para-hydroxylation sites is 6. The van der Waals surface area contributed by atoms with Gasteiger partial charge in [0, 0.05) is 77.6 Å². The van der Waals surface area contributed by atoms with Gasteiger partial charge in [0.05, 0.1) is 49.8 Å². The lowest BCUT2D eigenvalue weighted by Gasteiger charge is -2.16. The Bertz CT molecular complexity index is 5440. The van der Waals surface area contributed by atoms with Crippen LogP contribution in [0.2, 0.25) is 0 Å². The van der Waals surface area contributed by atoms with Crippen molar-refractivity contribution < 1.29 is 0 Å². The fraction of sp³-hybridized carbons (Fsp3) is 0. The van der Waals surface area contributed by atoms with Gasteiger partial charge in [-0.05, 0) is 95.1 Å². The minimum Gasteiger partial charge on any atom is -0.309 e. The van der Waals surface area contributed by atoms with Crippen molar-refractivity contribution in [2.75, 3.05) is 0 Å². The lowest BCUT2D eigenvalue weighted by molar-refractivity contribution is 0.997. The van der Waals surface area contributed by atoms with E-state index >= 15 is 0 Å². The molecule has 18 aromatic rings. The first kappa shape index (κ1) is 49.4. The largest absolute Gasteiger partial charge is 0.309 e. The third-order valence-electron chi connectivity index (χ3n) is 17.6. The molecule has 0 amide bonds. The van der Waals surface area contributed by atoms with E-state index in [1.807, 2.05) is 12.1 Å². The number of benzene rings is 12. The summed E-state index contributed by atoms with van der Waals surface area (Å²) in [5.74, 6) is 3.46. The van der Waals surface area contributed by atoms with Crippen molar-refractivity contribution in [3.63, 3.8) is 0 Å². The minimum atomic E-state index is 0.595. The zero-order valence-electron chi connectivity index (χ0n) is 47.4. The van der Waals surface area contributed by atoms with Gasteiger partial charge >= 0.3 is 0 Å². The van der Waals surface area contributed by atoms with Crippen LogP contribution in [0.4, 0.5) is 0 Å². The number of hydrogen-bond donors (Lipinski definition) is 0. The van der Waals surface area contributed by atoms with E-state index in [1.54, 1.807) is 0 Å². The Morgan fingerprint density at radius 1 is 0.170 bits per heavy atom. The first-order chi connectivity index (χ1) is 43.6. The van der Waals surface area contributed by atoms with E-state index in [0.29, 0.717) is 17.5 Å². The molecule has 0 spiro atoms. The highest BCUT2D eigenvalue weighted by molar-refractivity contribution is 6.19. The molecular weight excluding hydrogens is 1070 g/mol. The predicted molar refractivity (Wildman–Crippen MR) is 362 cm³/mol. The SMILES string of the molecule is c1ccc(-c2ccc(-c3nc(-c4ccc(-c5ccccc5)cc4)nc(-c4ccc(-n5c6ccccc6c6cc7c8ccccc8n(-c8cc(-n9c%10ccccc%10c%10ccccc%109)nc(-n9c%10ccccc%10c%10ccccc%109)c8)c7cc65)cc4)n3)cc2)cc1. The van der Waals surface area contributed by atoms with E-state index in [2.05, 4.69) is 309 Å². The smallest absolute Gasteiger partial charge is 0.164 e. The Labute approximate surface area is 505 Å². The van der Waals surface area contributed by atoms with Crippen LogP contribution in [-0.2, 0) is 0 Å². The summed E-state index contributed by atoms with van der Waals surface area (Å²) >= 11 is 0. The van der Waals surface area contributed by atoms with Gasteiger partial charge in [-0.15, -0.1) is 0 Å². The number of aromatic nitrogens is 8. The molecule has 88 heavy (non-hydrogen) atoms. The molecule has 0 aliphatic heterocycles. The molecule has 6 aromatic heterocycles. The minimum absolute atomic E-state index is 0.595. The molecule has 410 valence electrons. The molecule has 0 saturated heterocycles. The Morgan fingerprint density at radius 3 is 0.807 bits per heavy atom. The summed E-state index contributed by atoms with van der Waals surface area (Å²) in [6, 6.07) is 108. The molecule has 0 radical (unpaired) electrons. The lowest BCUT2D eigenvalue weighted by Crippen LogP contribution is -2.06.